The van der Waals surface area contributed by atoms with E-state index in [1.54, 1.807) is 0 Å². The van der Waals surface area contributed by atoms with Crippen LogP contribution in [0, 0.1) is 0 Å². The van der Waals surface area contributed by atoms with Crippen LogP contribution in [0.5, 0.6) is 5.75 Å². The second-order valence-electron chi connectivity index (χ2n) is 4.40. The van der Waals surface area contributed by atoms with Crippen molar-refractivity contribution in [3.8, 4) is 5.75 Å². The fourth-order valence-corrected chi connectivity index (χ4v) is 1.92. The molecule has 4 heteroatoms. The van der Waals surface area contributed by atoms with E-state index in [4.69, 9.17) is 10.5 Å². The molecule has 1 aromatic carbocycles. The molecule has 102 valence electrons. The largest absolute Gasteiger partial charge is 0.493 e. The van der Waals surface area contributed by atoms with Crippen molar-refractivity contribution in [2.75, 3.05) is 30.5 Å². The molecule has 3 N–H and O–H groups in total. The first-order valence-electron chi connectivity index (χ1n) is 6.45. The van der Waals surface area contributed by atoms with Crippen LogP contribution < -0.4 is 15.8 Å². The molecule has 0 saturated carbocycles. The second kappa shape index (κ2) is 8.14. The van der Waals surface area contributed by atoms with Crippen molar-refractivity contribution in [2.24, 2.45) is 0 Å². The highest BCUT2D eigenvalue weighted by Crippen LogP contribution is 2.23. The van der Waals surface area contributed by atoms with Crippen molar-refractivity contribution in [1.82, 2.24) is 0 Å². The number of ether oxygens (including phenoxy) is 1. The molecule has 0 bridgehead atoms. The average Bonchev–Trinajstić information content (AvgIpc) is 2.35. The molecule has 18 heavy (non-hydrogen) atoms. The van der Waals surface area contributed by atoms with Gasteiger partial charge in [-0.3, -0.25) is 0 Å². The third kappa shape index (κ3) is 5.54. The molecule has 0 radical (unpaired) electrons. The summed E-state index contributed by atoms with van der Waals surface area (Å²) >= 11 is 1.89. The number of hydrogen-bond acceptors (Lipinski definition) is 4. The van der Waals surface area contributed by atoms with E-state index >= 15 is 0 Å². The Balaban J connectivity index is 2.51. The van der Waals surface area contributed by atoms with Crippen molar-refractivity contribution in [2.45, 2.75) is 31.9 Å². The van der Waals surface area contributed by atoms with Crippen molar-refractivity contribution < 1.29 is 4.74 Å². The Morgan fingerprint density at radius 1 is 1.39 bits per heavy atom. The van der Waals surface area contributed by atoms with E-state index < -0.39 is 0 Å². The highest BCUT2D eigenvalue weighted by Gasteiger charge is 2.02. The van der Waals surface area contributed by atoms with Crippen LogP contribution in [0.2, 0.25) is 0 Å². The third-order valence-corrected chi connectivity index (χ3v) is 3.72. The first-order chi connectivity index (χ1) is 8.65. The summed E-state index contributed by atoms with van der Waals surface area (Å²) in [7, 11) is 0. The lowest BCUT2D eigenvalue weighted by molar-refractivity contribution is 0.318. The lowest BCUT2D eigenvalue weighted by Crippen LogP contribution is -2.08. The van der Waals surface area contributed by atoms with E-state index in [0.717, 1.165) is 43.1 Å². The fourth-order valence-electron chi connectivity index (χ4n) is 1.57. The van der Waals surface area contributed by atoms with Crippen molar-refractivity contribution in [3.05, 3.63) is 18.2 Å². The summed E-state index contributed by atoms with van der Waals surface area (Å²) in [6.07, 6.45) is 4.28. The van der Waals surface area contributed by atoms with Gasteiger partial charge in [0.1, 0.15) is 5.75 Å². The molecule has 0 aliphatic rings. The summed E-state index contributed by atoms with van der Waals surface area (Å²) in [5.74, 6) is 0.845. The monoisotopic (exact) mass is 268 g/mol. The Kier molecular flexibility index (Phi) is 6.80. The van der Waals surface area contributed by atoms with Crippen LogP contribution in [0.4, 0.5) is 11.4 Å². The van der Waals surface area contributed by atoms with Crippen LogP contribution in [0.3, 0.4) is 0 Å². The Labute approximate surface area is 114 Å². The van der Waals surface area contributed by atoms with Crippen LogP contribution in [-0.2, 0) is 0 Å². The first-order valence-corrected chi connectivity index (χ1v) is 7.74. The maximum atomic E-state index is 5.86. The van der Waals surface area contributed by atoms with Gasteiger partial charge in [0.2, 0.25) is 0 Å². The smallest absolute Gasteiger partial charge is 0.123 e. The molecule has 0 aromatic heterocycles. The van der Waals surface area contributed by atoms with Gasteiger partial charge in [-0.05, 0) is 25.2 Å². The summed E-state index contributed by atoms with van der Waals surface area (Å²) in [5.41, 5.74) is 7.64. The van der Waals surface area contributed by atoms with Crippen molar-refractivity contribution in [3.63, 3.8) is 0 Å². The van der Waals surface area contributed by atoms with Crippen LogP contribution in [0.25, 0.3) is 0 Å². The Bertz CT molecular complexity index is 358. The quantitative estimate of drug-likeness (QED) is 0.707. The summed E-state index contributed by atoms with van der Waals surface area (Å²) in [6.45, 7) is 6.02. The topological polar surface area (TPSA) is 47.3 Å². The Morgan fingerprint density at radius 2 is 2.17 bits per heavy atom. The number of thioether (sulfide) groups is 1. The number of hydrogen-bond donors (Lipinski definition) is 2. The van der Waals surface area contributed by atoms with Gasteiger partial charge in [0.25, 0.3) is 0 Å². The van der Waals surface area contributed by atoms with Gasteiger partial charge in [0.15, 0.2) is 0 Å². The summed E-state index contributed by atoms with van der Waals surface area (Å²) in [6, 6.07) is 5.82. The summed E-state index contributed by atoms with van der Waals surface area (Å²) in [4.78, 5) is 0. The molecule has 0 heterocycles. The fraction of sp³-hybridized carbons (Fsp3) is 0.571. The molecule has 1 unspecified atom stereocenters. The summed E-state index contributed by atoms with van der Waals surface area (Å²) in [5, 5.41) is 4.07. The minimum absolute atomic E-state index is 0.675. The van der Waals surface area contributed by atoms with Crippen LogP contribution >= 0.6 is 11.8 Å². The molecule has 3 nitrogen and oxygen atoms in total. The predicted molar refractivity (Wildman–Crippen MR) is 82.7 cm³/mol. The third-order valence-electron chi connectivity index (χ3n) is 2.68. The van der Waals surface area contributed by atoms with E-state index in [0.29, 0.717) is 5.25 Å². The molecule has 1 aromatic rings. The van der Waals surface area contributed by atoms with Gasteiger partial charge in [0.05, 0.1) is 6.61 Å². The molecule has 0 aliphatic carbocycles. The molecule has 0 fully saturated rings. The first kappa shape index (κ1) is 15.0. The zero-order valence-electron chi connectivity index (χ0n) is 11.5. The molecule has 0 aliphatic heterocycles. The Hall–Kier alpha value is -1.03. The average molecular weight is 268 g/mol. The van der Waals surface area contributed by atoms with Gasteiger partial charge in [-0.2, -0.15) is 11.8 Å². The van der Waals surface area contributed by atoms with E-state index in [9.17, 15) is 0 Å². The number of anilines is 2. The van der Waals surface area contributed by atoms with E-state index in [1.165, 1.54) is 0 Å². The standard InChI is InChI=1S/C14H24N2OS/c1-4-7-17-14-9-12(15)8-13(10-14)16-6-5-11(2)18-3/h8-11,16H,4-7,15H2,1-3H3. The second-order valence-corrected chi connectivity index (χ2v) is 5.68. The lowest BCUT2D eigenvalue weighted by atomic mass is 10.2. The van der Waals surface area contributed by atoms with Gasteiger partial charge < -0.3 is 15.8 Å². The zero-order valence-corrected chi connectivity index (χ0v) is 12.3. The molecular formula is C14H24N2OS. The van der Waals surface area contributed by atoms with Crippen molar-refractivity contribution >= 4 is 23.1 Å². The van der Waals surface area contributed by atoms with Crippen molar-refractivity contribution in [1.29, 1.82) is 0 Å². The SMILES string of the molecule is CCCOc1cc(N)cc(NCCC(C)SC)c1. The highest BCUT2D eigenvalue weighted by molar-refractivity contribution is 7.99. The zero-order chi connectivity index (χ0) is 13.4. The maximum absolute atomic E-state index is 5.86. The van der Waals surface area contributed by atoms with E-state index in [-0.39, 0.29) is 0 Å². The number of nitrogens with two attached hydrogens (primary N) is 1. The minimum Gasteiger partial charge on any atom is -0.493 e. The number of nitrogen functional groups attached to an aromatic ring is 1. The summed E-state index contributed by atoms with van der Waals surface area (Å²) < 4.78 is 5.60. The lowest BCUT2D eigenvalue weighted by Gasteiger charge is -2.12. The maximum Gasteiger partial charge on any atom is 0.123 e. The number of rotatable bonds is 8. The van der Waals surface area contributed by atoms with Gasteiger partial charge in [-0.15, -0.1) is 0 Å². The van der Waals surface area contributed by atoms with Gasteiger partial charge in [-0.25, -0.2) is 0 Å². The highest BCUT2D eigenvalue weighted by atomic mass is 32.2. The van der Waals surface area contributed by atoms with Gasteiger partial charge >= 0.3 is 0 Å². The van der Waals surface area contributed by atoms with Crippen LogP contribution in [0.15, 0.2) is 18.2 Å². The van der Waals surface area contributed by atoms with Crippen LogP contribution in [0.1, 0.15) is 26.7 Å². The van der Waals surface area contributed by atoms with Gasteiger partial charge in [-0.1, -0.05) is 13.8 Å². The molecule has 0 amide bonds. The van der Waals surface area contributed by atoms with E-state index in [2.05, 4.69) is 25.4 Å². The number of benzene rings is 1. The molecule has 0 saturated heterocycles. The molecule has 1 rings (SSSR count). The molecule has 0 spiro atoms. The molecular weight excluding hydrogens is 244 g/mol. The number of nitrogens with one attached hydrogen (secondary N) is 1. The van der Waals surface area contributed by atoms with Crippen LogP contribution in [-0.4, -0.2) is 24.7 Å². The van der Waals surface area contributed by atoms with Gasteiger partial charge in [0, 0.05) is 35.3 Å². The normalized spacial score (nSPS) is 12.2. The predicted octanol–water partition coefficient (Wildman–Crippen LogP) is 3.61. The molecule has 1 atom stereocenters. The minimum atomic E-state index is 0.675. The van der Waals surface area contributed by atoms with E-state index in [1.807, 2.05) is 30.0 Å². The Morgan fingerprint density at radius 3 is 2.83 bits per heavy atom.